The van der Waals surface area contributed by atoms with Gasteiger partial charge in [0.05, 0.1) is 0 Å². The van der Waals surface area contributed by atoms with E-state index in [0.717, 1.165) is 49.4 Å². The number of carbonyl (C=O) groups is 1. The van der Waals surface area contributed by atoms with Crippen LogP contribution in [0.1, 0.15) is 38.2 Å². The zero-order valence-electron chi connectivity index (χ0n) is 11.5. The molecule has 0 amide bonds. The summed E-state index contributed by atoms with van der Waals surface area (Å²) in [6.07, 6.45) is 4.71. The van der Waals surface area contributed by atoms with E-state index in [1.54, 1.807) is 0 Å². The quantitative estimate of drug-likeness (QED) is 0.892. The van der Waals surface area contributed by atoms with Crippen molar-refractivity contribution in [1.82, 2.24) is 5.32 Å². The zero-order valence-corrected chi connectivity index (χ0v) is 12.3. The summed E-state index contributed by atoms with van der Waals surface area (Å²) in [6.45, 7) is 4.04. The van der Waals surface area contributed by atoms with Crippen molar-refractivity contribution in [1.29, 1.82) is 0 Å². The molecule has 0 radical (unpaired) electrons. The van der Waals surface area contributed by atoms with Crippen LogP contribution in [-0.4, -0.2) is 18.9 Å². The fraction of sp³-hybridized carbons (Fsp3) is 0.562. The number of nitrogens with one attached hydrogen (secondary N) is 1. The molecule has 1 aromatic carbocycles. The molecule has 1 fully saturated rings. The lowest BCUT2D eigenvalue weighted by Gasteiger charge is -2.36. The first-order valence-corrected chi connectivity index (χ1v) is 7.52. The number of Topliss-reactive ketones (excluding diaryl/α,β-unsaturated/α-hetero) is 1. The molecule has 0 bridgehead atoms. The lowest BCUT2D eigenvalue weighted by Crippen LogP contribution is -2.46. The van der Waals surface area contributed by atoms with Crippen LogP contribution in [0.4, 0.5) is 0 Å². The summed E-state index contributed by atoms with van der Waals surface area (Å²) < 4.78 is 0. The minimum atomic E-state index is -0.146. The Morgan fingerprint density at radius 1 is 1.37 bits per heavy atom. The van der Waals surface area contributed by atoms with Crippen LogP contribution in [0.5, 0.6) is 0 Å². The van der Waals surface area contributed by atoms with Gasteiger partial charge in [-0.15, -0.1) is 0 Å². The number of rotatable bonds is 5. The predicted molar refractivity (Wildman–Crippen MR) is 79.6 cm³/mol. The second-order valence-corrected chi connectivity index (χ2v) is 5.97. The molecule has 0 saturated carbocycles. The highest BCUT2D eigenvalue weighted by Gasteiger charge is 2.37. The molecule has 2 nitrogen and oxygen atoms in total. The van der Waals surface area contributed by atoms with Gasteiger partial charge in [-0.1, -0.05) is 37.1 Å². The molecular weight excluding hydrogens is 258 g/mol. The van der Waals surface area contributed by atoms with Gasteiger partial charge in [0.2, 0.25) is 0 Å². The molecule has 1 aliphatic rings. The SMILES string of the molecule is CCCC1(C(=O)Cc2ccc(Cl)cc2)CCCNC1. The molecular formula is C16H22ClNO. The van der Waals surface area contributed by atoms with Crippen LogP contribution < -0.4 is 5.32 Å². The molecule has 0 aliphatic carbocycles. The zero-order chi connectivity index (χ0) is 13.7. The van der Waals surface area contributed by atoms with Gasteiger partial charge in [0.15, 0.2) is 0 Å². The third-order valence-corrected chi connectivity index (χ3v) is 4.32. The number of benzene rings is 1. The molecule has 1 atom stereocenters. The van der Waals surface area contributed by atoms with Gasteiger partial charge in [0.1, 0.15) is 5.78 Å². The third kappa shape index (κ3) is 3.58. The molecule has 1 unspecified atom stereocenters. The summed E-state index contributed by atoms with van der Waals surface area (Å²) in [6, 6.07) is 7.62. The van der Waals surface area contributed by atoms with E-state index in [2.05, 4.69) is 12.2 Å². The average molecular weight is 280 g/mol. The Balaban J connectivity index is 2.09. The van der Waals surface area contributed by atoms with E-state index in [1.165, 1.54) is 0 Å². The molecule has 1 saturated heterocycles. The Morgan fingerprint density at radius 2 is 2.11 bits per heavy atom. The van der Waals surface area contributed by atoms with Crippen LogP contribution in [0.3, 0.4) is 0 Å². The Bertz CT molecular complexity index is 415. The van der Waals surface area contributed by atoms with Crippen LogP contribution in [0.25, 0.3) is 0 Å². The summed E-state index contributed by atoms with van der Waals surface area (Å²) in [5, 5.41) is 4.12. The van der Waals surface area contributed by atoms with Gasteiger partial charge in [0, 0.05) is 23.4 Å². The first-order valence-electron chi connectivity index (χ1n) is 7.15. The van der Waals surface area contributed by atoms with E-state index in [9.17, 15) is 4.79 Å². The Morgan fingerprint density at radius 3 is 2.68 bits per heavy atom. The standard InChI is InChI=1S/C16H22ClNO/c1-2-8-16(9-3-10-18-12-16)15(19)11-13-4-6-14(17)7-5-13/h4-7,18H,2-3,8-12H2,1H3. The first kappa shape index (κ1) is 14.5. The Labute approximate surface area is 120 Å². The second kappa shape index (κ2) is 6.53. The molecule has 1 aromatic rings. The molecule has 1 aliphatic heterocycles. The highest BCUT2D eigenvalue weighted by atomic mass is 35.5. The van der Waals surface area contributed by atoms with E-state index >= 15 is 0 Å². The van der Waals surface area contributed by atoms with Gasteiger partial charge >= 0.3 is 0 Å². The minimum Gasteiger partial charge on any atom is -0.316 e. The Hall–Kier alpha value is -0.860. The van der Waals surface area contributed by atoms with Gasteiger partial charge in [-0.3, -0.25) is 4.79 Å². The van der Waals surface area contributed by atoms with E-state index in [1.807, 2.05) is 24.3 Å². The summed E-state index contributed by atoms with van der Waals surface area (Å²) in [5.74, 6) is 0.379. The van der Waals surface area contributed by atoms with Crippen LogP contribution in [0, 0.1) is 5.41 Å². The average Bonchev–Trinajstić information content (AvgIpc) is 2.43. The number of halogens is 1. The van der Waals surface area contributed by atoms with Crippen molar-refractivity contribution in [2.75, 3.05) is 13.1 Å². The van der Waals surface area contributed by atoms with Gasteiger partial charge in [-0.2, -0.15) is 0 Å². The summed E-state index contributed by atoms with van der Waals surface area (Å²) in [7, 11) is 0. The second-order valence-electron chi connectivity index (χ2n) is 5.54. The minimum absolute atomic E-state index is 0.146. The van der Waals surface area contributed by atoms with Gasteiger partial charge in [-0.05, 0) is 43.5 Å². The van der Waals surface area contributed by atoms with Crippen molar-refractivity contribution in [3.8, 4) is 0 Å². The highest BCUT2D eigenvalue weighted by molar-refractivity contribution is 6.30. The fourth-order valence-electron chi connectivity index (χ4n) is 3.01. The maximum atomic E-state index is 12.7. The van der Waals surface area contributed by atoms with Crippen LogP contribution in [-0.2, 0) is 11.2 Å². The van der Waals surface area contributed by atoms with E-state index in [-0.39, 0.29) is 5.41 Å². The molecule has 1 N–H and O–H groups in total. The normalized spacial score (nSPS) is 23.3. The topological polar surface area (TPSA) is 29.1 Å². The number of hydrogen-bond donors (Lipinski definition) is 1. The van der Waals surface area contributed by atoms with Crippen molar-refractivity contribution in [2.24, 2.45) is 5.41 Å². The predicted octanol–water partition coefficient (Wildman–Crippen LogP) is 3.62. The van der Waals surface area contributed by atoms with Crippen molar-refractivity contribution < 1.29 is 4.79 Å². The highest BCUT2D eigenvalue weighted by Crippen LogP contribution is 2.33. The van der Waals surface area contributed by atoms with Crippen LogP contribution in [0.15, 0.2) is 24.3 Å². The smallest absolute Gasteiger partial charge is 0.144 e. The molecule has 3 heteroatoms. The molecule has 0 spiro atoms. The number of ketones is 1. The summed E-state index contributed by atoms with van der Waals surface area (Å²) in [5.41, 5.74) is 0.919. The summed E-state index contributed by atoms with van der Waals surface area (Å²) in [4.78, 5) is 12.7. The maximum Gasteiger partial charge on any atom is 0.144 e. The molecule has 1 heterocycles. The van der Waals surface area contributed by atoms with Gasteiger partial charge in [0.25, 0.3) is 0 Å². The first-order chi connectivity index (χ1) is 9.16. The van der Waals surface area contributed by atoms with E-state index < -0.39 is 0 Å². The van der Waals surface area contributed by atoms with Gasteiger partial charge < -0.3 is 5.32 Å². The Kier molecular flexibility index (Phi) is 5.00. The van der Waals surface area contributed by atoms with Crippen molar-refractivity contribution in [2.45, 2.75) is 39.0 Å². The lowest BCUT2D eigenvalue weighted by molar-refractivity contribution is -0.129. The van der Waals surface area contributed by atoms with Gasteiger partial charge in [-0.25, -0.2) is 0 Å². The molecule has 2 rings (SSSR count). The fourth-order valence-corrected chi connectivity index (χ4v) is 3.14. The van der Waals surface area contributed by atoms with Crippen molar-refractivity contribution in [3.05, 3.63) is 34.9 Å². The number of hydrogen-bond acceptors (Lipinski definition) is 2. The van der Waals surface area contributed by atoms with Crippen molar-refractivity contribution >= 4 is 17.4 Å². The molecule has 104 valence electrons. The number of carbonyl (C=O) groups excluding carboxylic acids is 1. The molecule has 0 aromatic heterocycles. The van der Waals surface area contributed by atoms with Crippen LogP contribution in [0.2, 0.25) is 5.02 Å². The third-order valence-electron chi connectivity index (χ3n) is 4.07. The lowest BCUT2D eigenvalue weighted by atomic mass is 9.72. The van der Waals surface area contributed by atoms with E-state index in [0.29, 0.717) is 12.2 Å². The monoisotopic (exact) mass is 279 g/mol. The van der Waals surface area contributed by atoms with E-state index in [4.69, 9.17) is 11.6 Å². The number of piperidine rings is 1. The van der Waals surface area contributed by atoms with Crippen LogP contribution >= 0.6 is 11.6 Å². The molecule has 19 heavy (non-hydrogen) atoms. The maximum absolute atomic E-state index is 12.7. The van der Waals surface area contributed by atoms with Crippen molar-refractivity contribution in [3.63, 3.8) is 0 Å². The largest absolute Gasteiger partial charge is 0.316 e. The summed E-state index contributed by atoms with van der Waals surface area (Å²) >= 11 is 5.88.